The molecule has 2 fully saturated rings. The van der Waals surface area contributed by atoms with Crippen LogP contribution in [0.25, 0.3) is 0 Å². The van der Waals surface area contributed by atoms with E-state index in [1.54, 1.807) is 0 Å². The Morgan fingerprint density at radius 1 is 1.42 bits per heavy atom. The summed E-state index contributed by atoms with van der Waals surface area (Å²) in [6.07, 6.45) is 5.58. The van der Waals surface area contributed by atoms with Crippen molar-refractivity contribution in [1.82, 2.24) is 10.6 Å². The van der Waals surface area contributed by atoms with Crippen molar-refractivity contribution in [3.8, 4) is 6.07 Å². The van der Waals surface area contributed by atoms with Gasteiger partial charge in [0.1, 0.15) is 5.54 Å². The van der Waals surface area contributed by atoms with E-state index < -0.39 is 5.54 Å². The fourth-order valence-corrected chi connectivity index (χ4v) is 2.93. The first-order valence-electron chi connectivity index (χ1n) is 7.25. The van der Waals surface area contributed by atoms with Crippen molar-refractivity contribution < 1.29 is 9.53 Å². The van der Waals surface area contributed by atoms with Crippen LogP contribution in [0.4, 0.5) is 4.79 Å². The van der Waals surface area contributed by atoms with E-state index in [-0.39, 0.29) is 12.1 Å². The number of hydrogen-bond acceptors (Lipinski definition) is 3. The number of rotatable bonds is 3. The van der Waals surface area contributed by atoms with Crippen molar-refractivity contribution in [3.63, 3.8) is 0 Å². The van der Waals surface area contributed by atoms with Gasteiger partial charge in [-0.2, -0.15) is 5.26 Å². The molecular formula is C14H23N3O2. The lowest BCUT2D eigenvalue weighted by atomic mass is 9.76. The number of amides is 2. The summed E-state index contributed by atoms with van der Waals surface area (Å²) in [5.74, 6) is 0.703. The molecule has 2 aliphatic rings. The normalized spacial score (nSPS) is 34.5. The van der Waals surface area contributed by atoms with Crippen molar-refractivity contribution in [2.24, 2.45) is 5.92 Å². The zero-order valence-electron chi connectivity index (χ0n) is 11.6. The van der Waals surface area contributed by atoms with Crippen molar-refractivity contribution >= 4 is 6.03 Å². The van der Waals surface area contributed by atoms with E-state index in [0.29, 0.717) is 19.1 Å². The van der Waals surface area contributed by atoms with E-state index in [1.165, 1.54) is 0 Å². The van der Waals surface area contributed by atoms with Crippen LogP contribution in [0.2, 0.25) is 0 Å². The molecule has 5 nitrogen and oxygen atoms in total. The van der Waals surface area contributed by atoms with E-state index in [9.17, 15) is 10.1 Å². The number of nitriles is 1. The molecule has 0 bridgehead atoms. The second-order valence-electron chi connectivity index (χ2n) is 5.70. The Hall–Kier alpha value is -1.28. The number of nitrogens with one attached hydrogen (secondary N) is 2. The van der Waals surface area contributed by atoms with Gasteiger partial charge in [0.25, 0.3) is 0 Å². The van der Waals surface area contributed by atoms with Crippen molar-refractivity contribution in [1.29, 1.82) is 5.26 Å². The third-order valence-electron chi connectivity index (χ3n) is 4.37. The average molecular weight is 265 g/mol. The minimum absolute atomic E-state index is 0.0859. The van der Waals surface area contributed by atoms with Gasteiger partial charge in [0, 0.05) is 6.61 Å². The minimum Gasteiger partial charge on any atom is -0.379 e. The summed E-state index contributed by atoms with van der Waals surface area (Å²) >= 11 is 0. The Balaban J connectivity index is 1.84. The topological polar surface area (TPSA) is 74.2 Å². The monoisotopic (exact) mass is 265 g/mol. The number of carbonyl (C=O) groups excluding carboxylic acids is 1. The number of carbonyl (C=O) groups is 1. The van der Waals surface area contributed by atoms with Gasteiger partial charge >= 0.3 is 6.03 Å². The number of nitrogens with zero attached hydrogens (tertiary/aromatic N) is 1. The van der Waals surface area contributed by atoms with Gasteiger partial charge in [-0.25, -0.2) is 4.79 Å². The molecule has 19 heavy (non-hydrogen) atoms. The fraction of sp³-hybridized carbons (Fsp3) is 0.857. The molecule has 1 atom stereocenters. The lowest BCUT2D eigenvalue weighted by Crippen LogP contribution is -2.54. The molecule has 5 heteroatoms. The van der Waals surface area contributed by atoms with E-state index >= 15 is 0 Å². The van der Waals surface area contributed by atoms with Gasteiger partial charge in [0.05, 0.1) is 18.7 Å². The van der Waals surface area contributed by atoms with Crippen LogP contribution in [0.5, 0.6) is 0 Å². The first kappa shape index (κ1) is 14.1. The summed E-state index contributed by atoms with van der Waals surface area (Å²) in [4.78, 5) is 12.0. The number of ether oxygens (including phenoxy) is 1. The van der Waals surface area contributed by atoms with Crippen LogP contribution in [0, 0.1) is 17.2 Å². The maximum Gasteiger partial charge on any atom is 0.316 e. The quantitative estimate of drug-likeness (QED) is 0.819. The molecule has 1 saturated carbocycles. The standard InChI is InChI=1S/C14H23N3O2/c1-2-11-3-6-14(10-15,7-4-11)17-13(18)16-12-5-8-19-9-12/h11-12H,2-9H2,1H3,(H2,16,17,18). The molecule has 0 aromatic heterocycles. The van der Waals surface area contributed by atoms with Crippen molar-refractivity contribution in [3.05, 3.63) is 0 Å². The Morgan fingerprint density at radius 2 is 2.16 bits per heavy atom. The van der Waals surface area contributed by atoms with Gasteiger partial charge in [-0.05, 0) is 38.0 Å². The highest BCUT2D eigenvalue weighted by molar-refractivity contribution is 5.75. The maximum atomic E-state index is 12.0. The van der Waals surface area contributed by atoms with Gasteiger partial charge < -0.3 is 15.4 Å². The van der Waals surface area contributed by atoms with Gasteiger partial charge in [0.15, 0.2) is 0 Å². The molecule has 2 rings (SSSR count). The van der Waals surface area contributed by atoms with Crippen molar-refractivity contribution in [2.75, 3.05) is 13.2 Å². The lowest BCUT2D eigenvalue weighted by molar-refractivity contribution is 0.184. The summed E-state index contributed by atoms with van der Waals surface area (Å²) < 4.78 is 5.22. The van der Waals surface area contributed by atoms with E-state index in [1.807, 2.05) is 0 Å². The molecule has 1 saturated heterocycles. The van der Waals surface area contributed by atoms with Crippen LogP contribution < -0.4 is 10.6 Å². The zero-order valence-corrected chi connectivity index (χ0v) is 11.6. The molecule has 0 spiro atoms. The molecule has 0 radical (unpaired) electrons. The highest BCUT2D eigenvalue weighted by atomic mass is 16.5. The molecule has 0 aromatic carbocycles. The first-order valence-corrected chi connectivity index (χ1v) is 7.25. The zero-order chi connectivity index (χ0) is 13.7. The van der Waals surface area contributed by atoms with Gasteiger partial charge in [-0.1, -0.05) is 13.3 Å². The fourth-order valence-electron chi connectivity index (χ4n) is 2.93. The molecular weight excluding hydrogens is 242 g/mol. The lowest BCUT2D eigenvalue weighted by Gasteiger charge is -2.35. The molecule has 0 aromatic rings. The Bertz CT molecular complexity index is 350. The molecule has 2 N–H and O–H groups in total. The van der Waals surface area contributed by atoms with Crippen molar-refractivity contribution in [2.45, 2.75) is 57.0 Å². The summed E-state index contributed by atoms with van der Waals surface area (Å²) in [6.45, 7) is 3.46. The molecule has 1 aliphatic heterocycles. The summed E-state index contributed by atoms with van der Waals surface area (Å²) in [5.41, 5.74) is -0.671. The molecule has 2 amide bonds. The Kier molecular flexibility index (Phi) is 4.65. The van der Waals surface area contributed by atoms with E-state index in [0.717, 1.165) is 38.5 Å². The second kappa shape index (κ2) is 6.25. The van der Waals surface area contributed by atoms with Crippen LogP contribution >= 0.6 is 0 Å². The number of hydrogen-bond donors (Lipinski definition) is 2. The van der Waals surface area contributed by atoms with Crippen LogP contribution in [0.15, 0.2) is 0 Å². The third-order valence-corrected chi connectivity index (χ3v) is 4.37. The smallest absolute Gasteiger partial charge is 0.316 e. The molecule has 1 unspecified atom stereocenters. The summed E-state index contributed by atoms with van der Waals surface area (Å²) in [6, 6.07) is 2.17. The summed E-state index contributed by atoms with van der Waals surface area (Å²) in [5, 5.41) is 15.2. The maximum absolute atomic E-state index is 12.0. The van der Waals surface area contributed by atoms with Gasteiger partial charge in [-0.15, -0.1) is 0 Å². The van der Waals surface area contributed by atoms with Crippen LogP contribution in [0.3, 0.4) is 0 Å². The molecule has 1 aliphatic carbocycles. The predicted molar refractivity (Wildman–Crippen MR) is 71.5 cm³/mol. The van der Waals surface area contributed by atoms with E-state index in [4.69, 9.17) is 4.74 Å². The predicted octanol–water partition coefficient (Wildman–Crippen LogP) is 1.94. The minimum atomic E-state index is -0.671. The first-order chi connectivity index (χ1) is 9.17. The summed E-state index contributed by atoms with van der Waals surface area (Å²) in [7, 11) is 0. The SMILES string of the molecule is CCC1CCC(C#N)(NC(=O)NC2CCOC2)CC1. The van der Waals surface area contributed by atoms with Crippen LogP contribution in [-0.2, 0) is 4.74 Å². The van der Waals surface area contributed by atoms with Crippen LogP contribution in [-0.4, -0.2) is 30.8 Å². The largest absolute Gasteiger partial charge is 0.379 e. The van der Waals surface area contributed by atoms with Gasteiger partial charge in [0.2, 0.25) is 0 Å². The van der Waals surface area contributed by atoms with Gasteiger partial charge in [-0.3, -0.25) is 0 Å². The van der Waals surface area contributed by atoms with Crippen LogP contribution in [0.1, 0.15) is 45.4 Å². The Morgan fingerprint density at radius 3 is 2.68 bits per heavy atom. The third kappa shape index (κ3) is 3.60. The average Bonchev–Trinajstić information content (AvgIpc) is 2.92. The van der Waals surface area contributed by atoms with E-state index in [2.05, 4.69) is 23.6 Å². The highest BCUT2D eigenvalue weighted by Crippen LogP contribution is 2.33. The highest BCUT2D eigenvalue weighted by Gasteiger charge is 2.36. The molecule has 1 heterocycles. The molecule has 106 valence electrons. The second-order valence-corrected chi connectivity index (χ2v) is 5.70. The Labute approximate surface area is 114 Å². The number of urea groups is 1.